The molecule has 2 N–H and O–H groups in total. The molecule has 5 nitrogen and oxygen atoms in total. The summed E-state index contributed by atoms with van der Waals surface area (Å²) in [6, 6.07) is 16.0. The summed E-state index contributed by atoms with van der Waals surface area (Å²) < 4.78 is 0. The van der Waals surface area contributed by atoms with Crippen LogP contribution in [-0.4, -0.2) is 50.6 Å². The van der Waals surface area contributed by atoms with Crippen LogP contribution in [0.15, 0.2) is 48.5 Å². The molecule has 2 rings (SSSR count). The molecule has 0 fully saturated rings. The fraction of sp³-hybridized carbons (Fsp3) is 0.458. The van der Waals surface area contributed by atoms with Crippen molar-refractivity contribution < 1.29 is 4.79 Å². The average Bonchev–Trinajstić information content (AvgIpc) is 2.72. The number of amides is 1. The zero-order chi connectivity index (χ0) is 21.2. The molecule has 0 saturated carbocycles. The van der Waals surface area contributed by atoms with Crippen LogP contribution in [0.2, 0.25) is 0 Å². The monoisotopic (exact) mass is 396 g/mol. The molecule has 0 bridgehead atoms. The smallest absolute Gasteiger partial charge is 0.253 e. The van der Waals surface area contributed by atoms with Gasteiger partial charge in [-0.05, 0) is 75.8 Å². The number of anilines is 3. The largest absolute Gasteiger partial charge is 0.378 e. The highest BCUT2D eigenvalue weighted by Gasteiger charge is 2.14. The summed E-state index contributed by atoms with van der Waals surface area (Å²) in [7, 11) is 4.04. The standard InChI is InChI=1S/C24H36N4O/c1-6-28(7-2)18-10-11-19(3)25-24(29)22-12-8-9-13-23(22)26-20-14-16-21(17-15-20)27(4)5/h8-9,12-17,19,26H,6-7,10-11,18H2,1-5H3,(H,25,29). The summed E-state index contributed by atoms with van der Waals surface area (Å²) in [6.45, 7) is 9.68. The van der Waals surface area contributed by atoms with Crippen molar-refractivity contribution in [1.29, 1.82) is 0 Å². The molecular weight excluding hydrogens is 360 g/mol. The first-order chi connectivity index (χ1) is 13.9. The second-order valence-corrected chi connectivity index (χ2v) is 7.66. The highest BCUT2D eigenvalue weighted by Crippen LogP contribution is 2.23. The van der Waals surface area contributed by atoms with E-state index in [1.807, 2.05) is 50.5 Å². The molecule has 0 aromatic heterocycles. The Kier molecular flexibility index (Phi) is 9.00. The minimum Gasteiger partial charge on any atom is -0.378 e. The summed E-state index contributed by atoms with van der Waals surface area (Å²) in [4.78, 5) is 17.3. The van der Waals surface area contributed by atoms with E-state index >= 15 is 0 Å². The Hall–Kier alpha value is -2.53. The van der Waals surface area contributed by atoms with Crippen molar-refractivity contribution in [1.82, 2.24) is 10.2 Å². The summed E-state index contributed by atoms with van der Waals surface area (Å²) in [5, 5.41) is 6.53. The van der Waals surface area contributed by atoms with Gasteiger partial charge in [0.1, 0.15) is 0 Å². The Morgan fingerprint density at radius 2 is 1.66 bits per heavy atom. The lowest BCUT2D eigenvalue weighted by Gasteiger charge is -2.20. The molecule has 0 radical (unpaired) electrons. The molecule has 1 unspecified atom stereocenters. The number of benzene rings is 2. The van der Waals surface area contributed by atoms with Crippen molar-refractivity contribution in [2.75, 3.05) is 43.9 Å². The zero-order valence-corrected chi connectivity index (χ0v) is 18.5. The topological polar surface area (TPSA) is 47.6 Å². The molecule has 2 aromatic rings. The number of nitrogens with one attached hydrogen (secondary N) is 2. The van der Waals surface area contributed by atoms with Crippen molar-refractivity contribution >= 4 is 23.0 Å². The van der Waals surface area contributed by atoms with Crippen LogP contribution in [0.25, 0.3) is 0 Å². The van der Waals surface area contributed by atoms with Gasteiger partial charge in [-0.15, -0.1) is 0 Å². The summed E-state index contributed by atoms with van der Waals surface area (Å²) >= 11 is 0. The number of nitrogens with zero attached hydrogens (tertiary/aromatic N) is 2. The maximum absolute atomic E-state index is 12.9. The van der Waals surface area contributed by atoms with Gasteiger partial charge in [0.15, 0.2) is 0 Å². The number of hydrogen-bond donors (Lipinski definition) is 2. The lowest BCUT2D eigenvalue weighted by Crippen LogP contribution is -2.34. The van der Waals surface area contributed by atoms with E-state index in [1.165, 1.54) is 0 Å². The molecule has 0 aliphatic carbocycles. The Morgan fingerprint density at radius 1 is 1.00 bits per heavy atom. The number of carbonyl (C=O) groups is 1. The van der Waals surface area contributed by atoms with E-state index in [-0.39, 0.29) is 11.9 Å². The van der Waals surface area contributed by atoms with E-state index < -0.39 is 0 Å². The van der Waals surface area contributed by atoms with E-state index in [2.05, 4.69) is 53.3 Å². The van der Waals surface area contributed by atoms with E-state index in [0.29, 0.717) is 5.56 Å². The van der Waals surface area contributed by atoms with Crippen LogP contribution in [-0.2, 0) is 0 Å². The summed E-state index contributed by atoms with van der Waals surface area (Å²) in [6.07, 6.45) is 2.06. The van der Waals surface area contributed by atoms with Crippen LogP contribution >= 0.6 is 0 Å². The third-order valence-electron chi connectivity index (χ3n) is 5.22. The maximum atomic E-state index is 12.9. The van der Waals surface area contributed by atoms with E-state index in [4.69, 9.17) is 0 Å². The van der Waals surface area contributed by atoms with Crippen molar-refractivity contribution in [2.45, 2.75) is 39.7 Å². The third-order valence-corrected chi connectivity index (χ3v) is 5.22. The number of para-hydroxylation sites is 1. The molecule has 2 aromatic carbocycles. The normalized spacial score (nSPS) is 11.9. The molecule has 29 heavy (non-hydrogen) atoms. The molecule has 0 aliphatic heterocycles. The fourth-order valence-corrected chi connectivity index (χ4v) is 3.32. The molecule has 0 saturated heterocycles. The Morgan fingerprint density at radius 3 is 2.28 bits per heavy atom. The molecule has 5 heteroatoms. The van der Waals surface area contributed by atoms with Gasteiger partial charge in [0.2, 0.25) is 0 Å². The Bertz CT molecular complexity index is 754. The van der Waals surface area contributed by atoms with E-state index in [9.17, 15) is 4.79 Å². The van der Waals surface area contributed by atoms with Gasteiger partial charge in [0, 0.05) is 31.5 Å². The van der Waals surface area contributed by atoms with Gasteiger partial charge in [0.05, 0.1) is 11.3 Å². The minimum absolute atomic E-state index is 0.0339. The van der Waals surface area contributed by atoms with Crippen LogP contribution in [0.3, 0.4) is 0 Å². The van der Waals surface area contributed by atoms with Crippen LogP contribution in [0.1, 0.15) is 44.0 Å². The van der Waals surface area contributed by atoms with Crippen LogP contribution in [0.4, 0.5) is 17.1 Å². The zero-order valence-electron chi connectivity index (χ0n) is 18.5. The van der Waals surface area contributed by atoms with Crippen molar-refractivity contribution in [3.05, 3.63) is 54.1 Å². The van der Waals surface area contributed by atoms with E-state index in [1.54, 1.807) is 0 Å². The lowest BCUT2D eigenvalue weighted by atomic mass is 10.1. The molecule has 0 spiro atoms. The average molecular weight is 397 g/mol. The Labute approximate surface area is 176 Å². The molecule has 0 heterocycles. The van der Waals surface area contributed by atoms with Crippen LogP contribution in [0.5, 0.6) is 0 Å². The van der Waals surface area contributed by atoms with Gasteiger partial charge in [0.25, 0.3) is 5.91 Å². The third kappa shape index (κ3) is 7.09. The van der Waals surface area contributed by atoms with Crippen LogP contribution < -0.4 is 15.5 Å². The van der Waals surface area contributed by atoms with Gasteiger partial charge in [-0.1, -0.05) is 26.0 Å². The number of hydrogen-bond acceptors (Lipinski definition) is 4. The summed E-state index contributed by atoms with van der Waals surface area (Å²) in [5.41, 5.74) is 3.58. The highest BCUT2D eigenvalue weighted by molar-refractivity contribution is 6.00. The van der Waals surface area contributed by atoms with Gasteiger partial charge in [-0.25, -0.2) is 0 Å². The quantitative estimate of drug-likeness (QED) is 0.576. The Balaban J connectivity index is 1.97. The minimum atomic E-state index is -0.0339. The second-order valence-electron chi connectivity index (χ2n) is 7.66. The van der Waals surface area contributed by atoms with E-state index in [0.717, 1.165) is 49.5 Å². The molecular formula is C24H36N4O. The molecule has 1 atom stereocenters. The first kappa shape index (κ1) is 22.8. The van der Waals surface area contributed by atoms with Gasteiger partial charge in [-0.3, -0.25) is 4.79 Å². The maximum Gasteiger partial charge on any atom is 0.253 e. The predicted molar refractivity (Wildman–Crippen MR) is 124 cm³/mol. The molecule has 1 amide bonds. The van der Waals surface area contributed by atoms with Crippen molar-refractivity contribution in [3.8, 4) is 0 Å². The first-order valence-electron chi connectivity index (χ1n) is 10.6. The van der Waals surface area contributed by atoms with Crippen LogP contribution in [0, 0.1) is 0 Å². The number of rotatable bonds is 11. The number of carbonyl (C=O) groups excluding carboxylic acids is 1. The molecule has 158 valence electrons. The molecule has 0 aliphatic rings. The summed E-state index contributed by atoms with van der Waals surface area (Å²) in [5.74, 6) is -0.0339. The first-order valence-corrected chi connectivity index (χ1v) is 10.6. The van der Waals surface area contributed by atoms with Gasteiger partial charge >= 0.3 is 0 Å². The van der Waals surface area contributed by atoms with Gasteiger partial charge < -0.3 is 20.4 Å². The van der Waals surface area contributed by atoms with Gasteiger partial charge in [-0.2, -0.15) is 0 Å². The second kappa shape index (κ2) is 11.5. The van der Waals surface area contributed by atoms with Crippen molar-refractivity contribution in [2.24, 2.45) is 0 Å². The predicted octanol–water partition coefficient (Wildman–Crippen LogP) is 4.74. The lowest BCUT2D eigenvalue weighted by molar-refractivity contribution is 0.0938. The van der Waals surface area contributed by atoms with Crippen molar-refractivity contribution in [3.63, 3.8) is 0 Å². The SMILES string of the molecule is CCN(CC)CCCC(C)NC(=O)c1ccccc1Nc1ccc(N(C)C)cc1. The fourth-order valence-electron chi connectivity index (χ4n) is 3.32. The highest BCUT2D eigenvalue weighted by atomic mass is 16.1.